The Hall–Kier alpha value is -1.65. The summed E-state index contributed by atoms with van der Waals surface area (Å²) in [6, 6.07) is 9.39. The largest absolute Gasteiger partial charge is 0.458 e. The molecule has 0 radical (unpaired) electrons. The van der Waals surface area contributed by atoms with E-state index in [0.29, 0.717) is 29.2 Å². The van der Waals surface area contributed by atoms with Crippen molar-refractivity contribution in [3.8, 4) is 0 Å². The van der Waals surface area contributed by atoms with E-state index in [0.717, 1.165) is 43.4 Å². The number of benzene rings is 1. The van der Waals surface area contributed by atoms with E-state index in [9.17, 15) is 15.0 Å². The molecule has 4 heteroatoms. The Balaban J connectivity index is 1.25. The number of carbonyl (C=O) groups is 1. The van der Waals surface area contributed by atoms with Gasteiger partial charge in [-0.1, -0.05) is 50.6 Å². The van der Waals surface area contributed by atoms with Crippen LogP contribution in [0.4, 0.5) is 0 Å². The maximum absolute atomic E-state index is 12.7. The molecule has 0 bridgehead atoms. The summed E-state index contributed by atoms with van der Waals surface area (Å²) in [4.78, 5) is 12.7. The minimum absolute atomic E-state index is 0.0107. The van der Waals surface area contributed by atoms with Crippen molar-refractivity contribution in [2.75, 3.05) is 0 Å². The quantitative estimate of drug-likeness (QED) is 0.290. The van der Waals surface area contributed by atoms with Crippen LogP contribution in [0, 0.1) is 40.4 Å². The molecule has 4 aliphatic carbocycles. The number of esters is 1. The van der Waals surface area contributed by atoms with Crippen molar-refractivity contribution in [1.29, 1.82) is 0 Å². The summed E-state index contributed by atoms with van der Waals surface area (Å²) in [7, 11) is 0. The number of hydrogen-bond donors (Lipinski definition) is 2. The van der Waals surface area contributed by atoms with Gasteiger partial charge in [0.15, 0.2) is 0 Å². The molecule has 0 aromatic heterocycles. The molecular weight excluding hydrogens is 472 g/mol. The Morgan fingerprint density at radius 1 is 1.05 bits per heavy atom. The number of allylic oxidation sites excluding steroid dienone is 1. The average Bonchev–Trinajstić information content (AvgIpc) is 3.24. The molecular formula is C34H50O4. The first-order chi connectivity index (χ1) is 17.9. The maximum atomic E-state index is 12.7. The van der Waals surface area contributed by atoms with Crippen LogP contribution in [0.2, 0.25) is 0 Å². The Bertz CT molecular complexity index is 1020. The molecule has 1 aromatic rings. The molecule has 0 aliphatic heterocycles. The van der Waals surface area contributed by atoms with Gasteiger partial charge in [-0.25, -0.2) is 4.79 Å². The summed E-state index contributed by atoms with van der Waals surface area (Å²) in [5.74, 6) is 3.34. The van der Waals surface area contributed by atoms with Gasteiger partial charge in [0.2, 0.25) is 0 Å². The zero-order chi connectivity index (χ0) is 27.3. The van der Waals surface area contributed by atoms with Crippen molar-refractivity contribution in [2.45, 2.75) is 117 Å². The fourth-order valence-corrected chi connectivity index (χ4v) is 9.47. The van der Waals surface area contributed by atoms with E-state index in [-0.39, 0.29) is 17.5 Å². The third kappa shape index (κ3) is 5.01. The van der Waals surface area contributed by atoms with Crippen molar-refractivity contribution in [1.82, 2.24) is 0 Å². The molecule has 3 fully saturated rings. The lowest BCUT2D eigenvalue weighted by atomic mass is 9.47. The second-order valence-electron chi connectivity index (χ2n) is 14.3. The highest BCUT2D eigenvalue weighted by Gasteiger charge is 2.59. The second kappa shape index (κ2) is 10.4. The first-order valence-electron chi connectivity index (χ1n) is 15.3. The molecule has 4 aliphatic rings. The number of aliphatic hydroxyl groups excluding tert-OH is 1. The molecule has 5 rings (SSSR count). The number of aliphatic hydroxyl groups is 2. The normalized spacial score (nSPS) is 38.3. The van der Waals surface area contributed by atoms with Gasteiger partial charge in [0.25, 0.3) is 0 Å². The lowest BCUT2D eigenvalue weighted by Gasteiger charge is -2.58. The SMILES string of the molecule is C[C@H](CCC(O)C(C)(C)O)[C@H]1CC[C@H]2[C@@H]3CC=C4CC(OC(=O)c5ccccc5)CC[C@]4(C)[C@H]3CC[C@]12C. The lowest BCUT2D eigenvalue weighted by molar-refractivity contribution is -0.0666. The van der Waals surface area contributed by atoms with Crippen LogP contribution in [-0.4, -0.2) is 34.0 Å². The highest BCUT2D eigenvalue weighted by molar-refractivity contribution is 5.89. The topological polar surface area (TPSA) is 66.8 Å². The Morgan fingerprint density at radius 2 is 1.79 bits per heavy atom. The lowest BCUT2D eigenvalue weighted by Crippen LogP contribution is -2.51. The molecule has 1 aromatic carbocycles. The summed E-state index contributed by atoms with van der Waals surface area (Å²) in [6.07, 6.45) is 12.9. The van der Waals surface area contributed by atoms with E-state index in [1.165, 1.54) is 32.1 Å². The molecule has 4 nitrogen and oxygen atoms in total. The first kappa shape index (κ1) is 27.9. The number of hydrogen-bond acceptors (Lipinski definition) is 4. The van der Waals surface area contributed by atoms with Crippen molar-refractivity contribution in [3.05, 3.63) is 47.5 Å². The standard InChI is InChI=1S/C34H50O4/c1-22(11-16-30(35)32(2,3)37)27-14-15-28-26-13-12-24-21-25(38-31(36)23-9-7-6-8-10-23)17-19-33(24,4)29(26)18-20-34(27,28)5/h6-10,12,22,25-30,35,37H,11,13-21H2,1-5H3/t22-,25?,26+,27-,28+,29+,30?,33+,34-/m1/s1. The van der Waals surface area contributed by atoms with Crippen LogP contribution in [-0.2, 0) is 4.74 Å². The van der Waals surface area contributed by atoms with Gasteiger partial charge in [-0.05, 0) is 124 Å². The smallest absolute Gasteiger partial charge is 0.338 e. The maximum Gasteiger partial charge on any atom is 0.338 e. The third-order valence-corrected chi connectivity index (χ3v) is 11.8. The van der Waals surface area contributed by atoms with Crippen LogP contribution in [0.3, 0.4) is 0 Å². The Kier molecular flexibility index (Phi) is 7.63. The average molecular weight is 523 g/mol. The predicted octanol–water partition coefficient (Wildman–Crippen LogP) is 7.34. The number of fused-ring (bicyclic) bond motifs is 5. The van der Waals surface area contributed by atoms with Crippen LogP contribution >= 0.6 is 0 Å². The summed E-state index contributed by atoms with van der Waals surface area (Å²) in [5.41, 5.74) is 1.78. The second-order valence-corrected chi connectivity index (χ2v) is 14.3. The van der Waals surface area contributed by atoms with E-state index in [1.807, 2.05) is 30.3 Å². The molecule has 0 saturated heterocycles. The first-order valence-corrected chi connectivity index (χ1v) is 15.3. The molecule has 2 unspecified atom stereocenters. The van der Waals surface area contributed by atoms with Gasteiger partial charge in [0, 0.05) is 6.42 Å². The number of ether oxygens (including phenoxy) is 1. The fraction of sp³-hybridized carbons (Fsp3) is 0.735. The van der Waals surface area contributed by atoms with Crippen LogP contribution in [0.25, 0.3) is 0 Å². The van der Waals surface area contributed by atoms with E-state index in [2.05, 4.69) is 26.8 Å². The van der Waals surface area contributed by atoms with E-state index < -0.39 is 11.7 Å². The summed E-state index contributed by atoms with van der Waals surface area (Å²) < 4.78 is 5.98. The molecule has 2 N–H and O–H groups in total. The highest BCUT2D eigenvalue weighted by atomic mass is 16.5. The van der Waals surface area contributed by atoms with Crippen molar-refractivity contribution >= 4 is 5.97 Å². The van der Waals surface area contributed by atoms with Gasteiger partial charge in [-0.15, -0.1) is 0 Å². The zero-order valence-electron chi connectivity index (χ0n) is 24.3. The third-order valence-electron chi connectivity index (χ3n) is 11.8. The van der Waals surface area contributed by atoms with Gasteiger partial charge >= 0.3 is 5.97 Å². The molecule has 0 heterocycles. The van der Waals surface area contributed by atoms with Crippen LogP contribution in [0.15, 0.2) is 42.0 Å². The van der Waals surface area contributed by atoms with Gasteiger partial charge in [0.1, 0.15) is 6.10 Å². The molecule has 210 valence electrons. The van der Waals surface area contributed by atoms with Crippen LogP contribution in [0.5, 0.6) is 0 Å². The predicted molar refractivity (Wildman–Crippen MR) is 152 cm³/mol. The fourth-order valence-electron chi connectivity index (χ4n) is 9.47. The summed E-state index contributed by atoms with van der Waals surface area (Å²) in [5, 5.41) is 20.6. The Labute approximate surface area is 230 Å². The monoisotopic (exact) mass is 522 g/mol. The number of carbonyl (C=O) groups excluding carboxylic acids is 1. The minimum Gasteiger partial charge on any atom is -0.458 e. The van der Waals surface area contributed by atoms with Crippen molar-refractivity contribution in [3.63, 3.8) is 0 Å². The van der Waals surface area contributed by atoms with Crippen LogP contribution < -0.4 is 0 Å². The molecule has 9 atom stereocenters. The summed E-state index contributed by atoms with van der Waals surface area (Å²) >= 11 is 0. The minimum atomic E-state index is -1.03. The number of rotatable bonds is 7. The summed E-state index contributed by atoms with van der Waals surface area (Å²) in [6.45, 7) is 10.9. The van der Waals surface area contributed by atoms with Crippen molar-refractivity contribution in [2.24, 2.45) is 40.4 Å². The Morgan fingerprint density at radius 3 is 2.50 bits per heavy atom. The molecule has 38 heavy (non-hydrogen) atoms. The molecule has 0 amide bonds. The van der Waals surface area contributed by atoms with Gasteiger partial charge in [-0.2, -0.15) is 0 Å². The van der Waals surface area contributed by atoms with Crippen molar-refractivity contribution < 1.29 is 19.7 Å². The molecule has 0 spiro atoms. The molecule has 3 saturated carbocycles. The van der Waals surface area contributed by atoms with Gasteiger partial charge in [-0.3, -0.25) is 0 Å². The van der Waals surface area contributed by atoms with E-state index >= 15 is 0 Å². The van der Waals surface area contributed by atoms with Gasteiger partial charge in [0.05, 0.1) is 17.3 Å². The highest BCUT2D eigenvalue weighted by Crippen LogP contribution is 2.67. The van der Waals surface area contributed by atoms with E-state index in [4.69, 9.17) is 4.74 Å². The van der Waals surface area contributed by atoms with E-state index in [1.54, 1.807) is 19.4 Å². The van der Waals surface area contributed by atoms with Crippen LogP contribution in [0.1, 0.15) is 109 Å². The zero-order valence-corrected chi connectivity index (χ0v) is 24.3. The van der Waals surface area contributed by atoms with Gasteiger partial charge < -0.3 is 14.9 Å².